The third-order valence-corrected chi connectivity index (χ3v) is 2.40. The molecule has 5 heteroatoms. The van der Waals surface area contributed by atoms with Crippen LogP contribution in [0.5, 0.6) is 0 Å². The molecule has 0 aliphatic rings. The summed E-state index contributed by atoms with van der Waals surface area (Å²) in [6.45, 7) is 3.47. The van der Waals surface area contributed by atoms with Gasteiger partial charge in [-0.15, -0.1) is 0 Å². The fourth-order valence-electron chi connectivity index (χ4n) is 1.30. The molecule has 0 saturated heterocycles. The molecule has 0 aliphatic carbocycles. The van der Waals surface area contributed by atoms with Crippen LogP contribution in [-0.2, 0) is 9.59 Å². The number of carbonyl (C=O) groups excluding carboxylic acids is 1. The van der Waals surface area contributed by atoms with Crippen LogP contribution in [0.25, 0.3) is 0 Å². The SMILES string of the molecule is CCC(C(=O)O)N(C)C(C)C(=O)NC. The number of carbonyl (C=O) groups is 2. The van der Waals surface area contributed by atoms with Crippen molar-refractivity contribution in [3.05, 3.63) is 0 Å². The van der Waals surface area contributed by atoms with E-state index < -0.39 is 18.1 Å². The average Bonchev–Trinajstić information content (AvgIpc) is 2.15. The van der Waals surface area contributed by atoms with Crippen molar-refractivity contribution in [2.24, 2.45) is 0 Å². The first kappa shape index (κ1) is 12.9. The molecule has 82 valence electrons. The first-order valence-electron chi connectivity index (χ1n) is 4.62. The van der Waals surface area contributed by atoms with E-state index in [4.69, 9.17) is 5.11 Å². The van der Waals surface area contributed by atoms with E-state index in [0.29, 0.717) is 6.42 Å². The van der Waals surface area contributed by atoms with Gasteiger partial charge in [-0.2, -0.15) is 0 Å². The van der Waals surface area contributed by atoms with Crippen LogP contribution in [-0.4, -0.2) is 48.1 Å². The standard InChI is InChI=1S/C9H18N2O3/c1-5-7(9(13)14)11(4)6(2)8(12)10-3/h6-7H,5H2,1-4H3,(H,10,12)(H,13,14). The Kier molecular flexibility index (Phi) is 5.15. The summed E-state index contributed by atoms with van der Waals surface area (Å²) in [5.74, 6) is -1.07. The van der Waals surface area contributed by atoms with Crippen molar-refractivity contribution in [3.8, 4) is 0 Å². The number of aliphatic carboxylic acids is 1. The van der Waals surface area contributed by atoms with Crippen molar-refractivity contribution in [3.63, 3.8) is 0 Å². The lowest BCUT2D eigenvalue weighted by atomic mass is 10.1. The molecule has 14 heavy (non-hydrogen) atoms. The van der Waals surface area contributed by atoms with E-state index in [2.05, 4.69) is 5.32 Å². The zero-order valence-corrected chi connectivity index (χ0v) is 9.07. The molecule has 0 radical (unpaired) electrons. The maximum atomic E-state index is 11.3. The van der Waals surface area contributed by atoms with Gasteiger partial charge in [0.05, 0.1) is 6.04 Å². The van der Waals surface area contributed by atoms with Gasteiger partial charge in [-0.25, -0.2) is 0 Å². The Balaban J connectivity index is 4.49. The molecular weight excluding hydrogens is 184 g/mol. The quantitative estimate of drug-likeness (QED) is 0.654. The fourth-order valence-corrected chi connectivity index (χ4v) is 1.30. The van der Waals surface area contributed by atoms with Gasteiger partial charge >= 0.3 is 5.97 Å². The lowest BCUT2D eigenvalue weighted by Gasteiger charge is -2.28. The normalized spacial score (nSPS) is 14.9. The largest absolute Gasteiger partial charge is 0.480 e. The van der Waals surface area contributed by atoms with Gasteiger partial charge in [-0.05, 0) is 20.4 Å². The maximum absolute atomic E-state index is 11.3. The Labute approximate surface area is 84.1 Å². The highest BCUT2D eigenvalue weighted by atomic mass is 16.4. The average molecular weight is 202 g/mol. The maximum Gasteiger partial charge on any atom is 0.320 e. The predicted octanol–water partition coefficient (Wildman–Crippen LogP) is -0.0841. The van der Waals surface area contributed by atoms with Crippen LogP contribution in [0.3, 0.4) is 0 Å². The van der Waals surface area contributed by atoms with Gasteiger partial charge in [0.15, 0.2) is 0 Å². The molecule has 0 heterocycles. The van der Waals surface area contributed by atoms with E-state index in [1.54, 1.807) is 25.8 Å². The molecule has 2 unspecified atom stereocenters. The number of nitrogens with zero attached hydrogens (tertiary/aromatic N) is 1. The van der Waals surface area contributed by atoms with Gasteiger partial charge in [-0.3, -0.25) is 14.5 Å². The fraction of sp³-hybridized carbons (Fsp3) is 0.778. The summed E-state index contributed by atoms with van der Waals surface area (Å²) < 4.78 is 0. The molecule has 0 aromatic rings. The minimum atomic E-state index is -0.897. The van der Waals surface area contributed by atoms with Gasteiger partial charge in [0.25, 0.3) is 0 Å². The molecule has 2 atom stereocenters. The lowest BCUT2D eigenvalue weighted by molar-refractivity contribution is -0.144. The zero-order valence-electron chi connectivity index (χ0n) is 9.07. The van der Waals surface area contributed by atoms with E-state index >= 15 is 0 Å². The third kappa shape index (κ3) is 2.99. The van der Waals surface area contributed by atoms with Crippen LogP contribution in [0, 0.1) is 0 Å². The number of hydrogen-bond donors (Lipinski definition) is 2. The topological polar surface area (TPSA) is 69.6 Å². The monoisotopic (exact) mass is 202 g/mol. The van der Waals surface area contributed by atoms with Gasteiger partial charge in [-0.1, -0.05) is 6.92 Å². The summed E-state index contributed by atoms with van der Waals surface area (Å²) in [4.78, 5) is 23.6. The van der Waals surface area contributed by atoms with E-state index in [1.807, 2.05) is 0 Å². The highest BCUT2D eigenvalue weighted by Crippen LogP contribution is 2.06. The molecule has 0 aromatic carbocycles. The highest BCUT2D eigenvalue weighted by Gasteiger charge is 2.27. The van der Waals surface area contributed by atoms with Gasteiger partial charge < -0.3 is 10.4 Å². The van der Waals surface area contributed by atoms with Crippen molar-refractivity contribution >= 4 is 11.9 Å². The van der Waals surface area contributed by atoms with E-state index in [0.717, 1.165) is 0 Å². The molecule has 5 nitrogen and oxygen atoms in total. The van der Waals surface area contributed by atoms with Crippen LogP contribution in [0.1, 0.15) is 20.3 Å². The Morgan fingerprint density at radius 2 is 2.00 bits per heavy atom. The second kappa shape index (κ2) is 5.59. The number of hydrogen-bond acceptors (Lipinski definition) is 3. The highest BCUT2D eigenvalue weighted by molar-refractivity contribution is 5.82. The van der Waals surface area contributed by atoms with E-state index in [9.17, 15) is 9.59 Å². The Morgan fingerprint density at radius 3 is 2.29 bits per heavy atom. The number of amides is 1. The first-order chi connectivity index (χ1) is 6.45. The summed E-state index contributed by atoms with van der Waals surface area (Å²) in [6, 6.07) is -1.04. The predicted molar refractivity (Wildman–Crippen MR) is 53.0 cm³/mol. The van der Waals surface area contributed by atoms with Crippen molar-refractivity contribution in [1.29, 1.82) is 0 Å². The molecule has 1 amide bonds. The molecular formula is C9H18N2O3. The summed E-state index contributed by atoms with van der Waals surface area (Å²) in [5, 5.41) is 11.4. The number of carboxylic acid groups (broad SMARTS) is 1. The third-order valence-electron chi connectivity index (χ3n) is 2.40. The molecule has 0 rings (SSSR count). The molecule has 2 N–H and O–H groups in total. The minimum absolute atomic E-state index is 0.174. The van der Waals surface area contributed by atoms with Crippen molar-refractivity contribution in [1.82, 2.24) is 10.2 Å². The molecule has 0 fully saturated rings. The van der Waals surface area contributed by atoms with Crippen molar-refractivity contribution < 1.29 is 14.7 Å². The number of rotatable bonds is 5. The number of likely N-dealkylation sites (N-methyl/N-ethyl adjacent to an activating group) is 2. The second-order valence-electron chi connectivity index (χ2n) is 3.22. The summed E-state index contributed by atoms with van der Waals surface area (Å²) in [5.41, 5.74) is 0. The van der Waals surface area contributed by atoms with Crippen LogP contribution in [0.2, 0.25) is 0 Å². The van der Waals surface area contributed by atoms with Gasteiger partial charge in [0.1, 0.15) is 6.04 Å². The number of nitrogens with one attached hydrogen (secondary N) is 1. The van der Waals surface area contributed by atoms with Gasteiger partial charge in [0, 0.05) is 7.05 Å². The van der Waals surface area contributed by atoms with E-state index in [1.165, 1.54) is 7.05 Å². The smallest absolute Gasteiger partial charge is 0.320 e. The number of carboxylic acids is 1. The molecule has 0 bridgehead atoms. The van der Waals surface area contributed by atoms with Gasteiger partial charge in [0.2, 0.25) is 5.91 Å². The van der Waals surface area contributed by atoms with Crippen molar-refractivity contribution in [2.45, 2.75) is 32.4 Å². The Morgan fingerprint density at radius 1 is 1.50 bits per heavy atom. The second-order valence-corrected chi connectivity index (χ2v) is 3.22. The molecule has 0 aromatic heterocycles. The summed E-state index contributed by atoms with van der Waals surface area (Å²) in [7, 11) is 3.18. The first-order valence-corrected chi connectivity index (χ1v) is 4.62. The van der Waals surface area contributed by atoms with Crippen LogP contribution in [0.15, 0.2) is 0 Å². The molecule has 0 aliphatic heterocycles. The van der Waals surface area contributed by atoms with Crippen LogP contribution < -0.4 is 5.32 Å². The zero-order chi connectivity index (χ0) is 11.3. The molecule has 0 spiro atoms. The Bertz CT molecular complexity index is 218. The van der Waals surface area contributed by atoms with Crippen LogP contribution in [0.4, 0.5) is 0 Å². The summed E-state index contributed by atoms with van der Waals surface area (Å²) in [6.07, 6.45) is 0.479. The Hall–Kier alpha value is -1.10. The van der Waals surface area contributed by atoms with E-state index in [-0.39, 0.29) is 5.91 Å². The van der Waals surface area contributed by atoms with Crippen molar-refractivity contribution in [2.75, 3.05) is 14.1 Å². The minimum Gasteiger partial charge on any atom is -0.480 e. The van der Waals surface area contributed by atoms with Crippen LogP contribution >= 0.6 is 0 Å². The molecule has 0 saturated carbocycles. The lowest BCUT2D eigenvalue weighted by Crippen LogP contribution is -2.49. The summed E-state index contributed by atoms with van der Waals surface area (Å²) >= 11 is 0.